The minimum atomic E-state index is 0.667. The van der Waals surface area contributed by atoms with Gasteiger partial charge in [-0.25, -0.2) is 15.0 Å². The van der Waals surface area contributed by atoms with Crippen LogP contribution in [0, 0.1) is 0 Å². The van der Waals surface area contributed by atoms with Crippen molar-refractivity contribution in [1.82, 2.24) is 15.0 Å². The van der Waals surface area contributed by atoms with Gasteiger partial charge >= 0.3 is 0 Å². The first-order valence-corrected chi connectivity index (χ1v) is 16.6. The molecule has 2 heterocycles. The molecule has 9 aromatic rings. The van der Waals surface area contributed by atoms with Crippen LogP contribution in [0.5, 0.6) is 0 Å². The third kappa shape index (κ3) is 4.09. The first-order valence-electron chi connectivity index (χ1n) is 15.8. The maximum atomic E-state index is 5.09. The molecule has 0 N–H and O–H groups in total. The Morgan fingerprint density at radius 1 is 0.319 bits per heavy atom. The standard InChI is InChI=1S/C43H25N3S/c1-3-11-26(12-4-1)41-44-42(27-13-5-2-6-14-27)46-43(45-41)35-19-10-20-38-40(35)36-25-28(21-24-37(36)47-38)29-22-23-34-31-16-8-7-15-30(31)33-18-9-17-32(29)39(33)34/h1-25H. The second kappa shape index (κ2) is 10.3. The van der Waals surface area contributed by atoms with Crippen molar-refractivity contribution in [3.05, 3.63) is 152 Å². The first kappa shape index (κ1) is 26.3. The highest BCUT2D eigenvalue weighted by Crippen LogP contribution is 2.50. The monoisotopic (exact) mass is 615 g/mol. The molecule has 3 nitrogen and oxygen atoms in total. The Balaban J connectivity index is 1.19. The van der Waals surface area contributed by atoms with Crippen LogP contribution in [0.3, 0.4) is 0 Å². The SMILES string of the molecule is c1ccc(-c2nc(-c3ccccc3)nc(-c3cccc4sc5ccc(-c6ccc7c8c(cccc68)-c6ccccc6-7)cc5c34)n2)cc1. The molecule has 0 aliphatic heterocycles. The van der Waals surface area contributed by atoms with Crippen LogP contribution in [0.2, 0.25) is 0 Å². The van der Waals surface area contributed by atoms with E-state index in [1.165, 1.54) is 64.3 Å². The molecule has 1 aliphatic rings. The summed E-state index contributed by atoms with van der Waals surface area (Å²) >= 11 is 1.81. The predicted octanol–water partition coefficient (Wildman–Crippen LogP) is 11.7. The maximum absolute atomic E-state index is 5.09. The van der Waals surface area contributed by atoms with Crippen molar-refractivity contribution in [2.75, 3.05) is 0 Å². The van der Waals surface area contributed by atoms with Crippen molar-refractivity contribution in [1.29, 1.82) is 0 Å². The second-order valence-electron chi connectivity index (χ2n) is 12.0. The minimum absolute atomic E-state index is 0.667. The van der Waals surface area contributed by atoms with Crippen LogP contribution in [0.1, 0.15) is 0 Å². The zero-order valence-corrected chi connectivity index (χ0v) is 26.0. The Labute approximate surface area is 275 Å². The van der Waals surface area contributed by atoms with Gasteiger partial charge in [-0.15, -0.1) is 11.3 Å². The van der Waals surface area contributed by atoms with Gasteiger partial charge in [0.1, 0.15) is 0 Å². The summed E-state index contributed by atoms with van der Waals surface area (Å²) < 4.78 is 2.46. The van der Waals surface area contributed by atoms with Crippen LogP contribution in [-0.4, -0.2) is 15.0 Å². The van der Waals surface area contributed by atoms with Crippen LogP contribution < -0.4 is 0 Å². The van der Waals surface area contributed by atoms with Crippen molar-refractivity contribution < 1.29 is 0 Å². The van der Waals surface area contributed by atoms with E-state index >= 15 is 0 Å². The molecule has 7 aromatic carbocycles. The Bertz CT molecular complexity index is 2590. The topological polar surface area (TPSA) is 38.7 Å². The van der Waals surface area contributed by atoms with Gasteiger partial charge in [0.25, 0.3) is 0 Å². The average Bonchev–Trinajstić information content (AvgIpc) is 3.69. The van der Waals surface area contributed by atoms with Crippen molar-refractivity contribution in [3.8, 4) is 67.5 Å². The number of aromatic nitrogens is 3. The Morgan fingerprint density at radius 3 is 1.62 bits per heavy atom. The van der Waals surface area contributed by atoms with E-state index in [9.17, 15) is 0 Å². The highest BCUT2D eigenvalue weighted by molar-refractivity contribution is 7.26. The molecule has 0 amide bonds. The van der Waals surface area contributed by atoms with Crippen LogP contribution in [-0.2, 0) is 0 Å². The molecule has 0 saturated heterocycles. The molecule has 1 aliphatic carbocycles. The summed E-state index contributed by atoms with van der Waals surface area (Å²) in [5, 5.41) is 5.02. The molecule has 218 valence electrons. The Kier molecular flexibility index (Phi) is 5.74. The van der Waals surface area contributed by atoms with E-state index in [2.05, 4.69) is 115 Å². The van der Waals surface area contributed by atoms with Gasteiger partial charge in [-0.3, -0.25) is 0 Å². The summed E-state index contributed by atoms with van der Waals surface area (Å²) in [5.74, 6) is 2.01. The van der Waals surface area contributed by atoms with E-state index in [0.29, 0.717) is 17.5 Å². The van der Waals surface area contributed by atoms with E-state index < -0.39 is 0 Å². The largest absolute Gasteiger partial charge is 0.208 e. The number of rotatable bonds is 4. The third-order valence-corrected chi connectivity index (χ3v) is 10.4. The Morgan fingerprint density at radius 2 is 0.894 bits per heavy atom. The predicted molar refractivity (Wildman–Crippen MR) is 196 cm³/mol. The Hall–Kier alpha value is -5.97. The number of nitrogens with zero attached hydrogens (tertiary/aromatic N) is 3. The maximum Gasteiger partial charge on any atom is 0.164 e. The first-order chi connectivity index (χ1) is 23.3. The van der Waals surface area contributed by atoms with Crippen LogP contribution in [0.4, 0.5) is 0 Å². The summed E-state index contributed by atoms with van der Waals surface area (Å²) in [7, 11) is 0. The molecule has 2 aromatic heterocycles. The van der Waals surface area contributed by atoms with Gasteiger partial charge in [-0.2, -0.15) is 0 Å². The van der Waals surface area contributed by atoms with Gasteiger partial charge in [0.2, 0.25) is 0 Å². The molecule has 0 saturated carbocycles. The van der Waals surface area contributed by atoms with Crippen LogP contribution >= 0.6 is 11.3 Å². The highest BCUT2D eigenvalue weighted by Gasteiger charge is 2.23. The van der Waals surface area contributed by atoms with Crippen molar-refractivity contribution >= 4 is 42.3 Å². The van der Waals surface area contributed by atoms with E-state index in [1.807, 2.05) is 47.7 Å². The summed E-state index contributed by atoms with van der Waals surface area (Å²) in [4.78, 5) is 15.1. The van der Waals surface area contributed by atoms with Crippen molar-refractivity contribution in [2.45, 2.75) is 0 Å². The number of hydrogen-bond acceptors (Lipinski definition) is 4. The van der Waals surface area contributed by atoms with Gasteiger partial charge in [-0.05, 0) is 62.4 Å². The lowest BCUT2D eigenvalue weighted by Crippen LogP contribution is -2.00. The van der Waals surface area contributed by atoms with Crippen molar-refractivity contribution in [3.63, 3.8) is 0 Å². The summed E-state index contributed by atoms with van der Waals surface area (Å²) in [5.41, 5.74) is 10.7. The zero-order valence-electron chi connectivity index (χ0n) is 25.2. The van der Waals surface area contributed by atoms with Gasteiger partial charge < -0.3 is 0 Å². The molecule has 0 bridgehead atoms. The molecule has 0 fully saturated rings. The lowest BCUT2D eigenvalue weighted by molar-refractivity contribution is 1.08. The minimum Gasteiger partial charge on any atom is -0.208 e. The summed E-state index contributed by atoms with van der Waals surface area (Å²) in [6.45, 7) is 0. The highest BCUT2D eigenvalue weighted by atomic mass is 32.1. The number of fused-ring (bicyclic) bond motifs is 6. The summed E-state index contributed by atoms with van der Waals surface area (Å²) in [6, 6.07) is 53.8. The van der Waals surface area contributed by atoms with Gasteiger partial charge in [0.05, 0.1) is 0 Å². The van der Waals surface area contributed by atoms with E-state index in [1.54, 1.807) is 0 Å². The third-order valence-electron chi connectivity index (χ3n) is 9.29. The van der Waals surface area contributed by atoms with Crippen molar-refractivity contribution in [2.24, 2.45) is 0 Å². The smallest absolute Gasteiger partial charge is 0.164 e. The normalized spacial score (nSPS) is 11.8. The molecule has 47 heavy (non-hydrogen) atoms. The molecule has 0 spiro atoms. The fourth-order valence-electron chi connectivity index (χ4n) is 7.17. The molecule has 0 atom stereocenters. The van der Waals surface area contributed by atoms with E-state index in [4.69, 9.17) is 15.0 Å². The van der Waals surface area contributed by atoms with E-state index in [0.717, 1.165) is 16.7 Å². The fourth-order valence-corrected chi connectivity index (χ4v) is 8.28. The fraction of sp³-hybridized carbons (Fsp3) is 0. The lowest BCUT2D eigenvalue weighted by atomic mass is 9.93. The average molecular weight is 616 g/mol. The van der Waals surface area contributed by atoms with Gasteiger partial charge in [-0.1, -0.05) is 133 Å². The molecule has 0 unspecified atom stereocenters. The summed E-state index contributed by atoms with van der Waals surface area (Å²) in [6.07, 6.45) is 0. The van der Waals surface area contributed by atoms with Crippen LogP contribution in [0.15, 0.2) is 152 Å². The number of hydrogen-bond donors (Lipinski definition) is 0. The number of thiophene rings is 1. The number of benzene rings is 7. The van der Waals surface area contributed by atoms with Gasteiger partial charge in [0.15, 0.2) is 17.5 Å². The molecule has 0 radical (unpaired) electrons. The quantitative estimate of drug-likeness (QED) is 0.198. The lowest BCUT2D eigenvalue weighted by Gasteiger charge is -2.11. The molecular weight excluding hydrogens is 591 g/mol. The zero-order chi connectivity index (χ0) is 30.9. The van der Waals surface area contributed by atoms with Crippen LogP contribution in [0.25, 0.3) is 98.5 Å². The van der Waals surface area contributed by atoms with E-state index in [-0.39, 0.29) is 0 Å². The molecule has 10 rings (SSSR count). The molecular formula is C43H25N3S. The van der Waals surface area contributed by atoms with Gasteiger partial charge in [0, 0.05) is 36.9 Å². The molecule has 4 heteroatoms. The second-order valence-corrected chi connectivity index (χ2v) is 13.0.